The summed E-state index contributed by atoms with van der Waals surface area (Å²) in [4.78, 5) is 15.1. The molecule has 3 N–H and O–H groups in total. The number of hydrogen-bond donors (Lipinski definition) is 2. The number of hydrogen-bond acceptors (Lipinski definition) is 4. The molecule has 106 valence electrons. The standard InChI is InChI=1S/C13H15BrN4OS/c1-18(5-9-4-8(14)6-20-9)13(19)12-10(15)11(16-17-12)7-2-3-7/h4,6-7H,2-3,5,15H2,1H3,(H,16,17). The summed E-state index contributed by atoms with van der Waals surface area (Å²) in [6.45, 7) is 0.556. The second-order valence-electron chi connectivity index (χ2n) is 5.07. The maximum atomic E-state index is 12.4. The Labute approximate surface area is 129 Å². The number of nitrogens with two attached hydrogens (primary N) is 1. The fourth-order valence-electron chi connectivity index (χ4n) is 2.13. The first-order valence-corrected chi connectivity index (χ1v) is 8.05. The highest BCUT2D eigenvalue weighted by Gasteiger charge is 2.31. The van der Waals surface area contributed by atoms with Crippen molar-refractivity contribution in [2.75, 3.05) is 12.8 Å². The lowest BCUT2D eigenvalue weighted by Gasteiger charge is -2.15. The van der Waals surface area contributed by atoms with Crippen LogP contribution in [0.4, 0.5) is 5.69 Å². The highest BCUT2D eigenvalue weighted by atomic mass is 79.9. The van der Waals surface area contributed by atoms with E-state index in [4.69, 9.17) is 5.73 Å². The van der Waals surface area contributed by atoms with Crippen LogP contribution in [0.2, 0.25) is 0 Å². The Balaban J connectivity index is 1.74. The third-order valence-corrected chi connectivity index (χ3v) is 5.07. The molecule has 0 unspecified atom stereocenters. The molecule has 0 saturated heterocycles. The molecule has 0 atom stereocenters. The molecule has 2 heterocycles. The second-order valence-corrected chi connectivity index (χ2v) is 6.98. The highest BCUT2D eigenvalue weighted by molar-refractivity contribution is 9.10. The van der Waals surface area contributed by atoms with Crippen molar-refractivity contribution in [2.45, 2.75) is 25.3 Å². The number of H-pyrrole nitrogens is 1. The predicted octanol–water partition coefficient (Wildman–Crippen LogP) is 2.97. The predicted molar refractivity (Wildman–Crippen MR) is 82.8 cm³/mol. The first-order chi connectivity index (χ1) is 9.56. The van der Waals surface area contributed by atoms with Crippen LogP contribution in [-0.2, 0) is 6.54 Å². The molecule has 20 heavy (non-hydrogen) atoms. The van der Waals surface area contributed by atoms with E-state index in [9.17, 15) is 4.79 Å². The van der Waals surface area contributed by atoms with Crippen LogP contribution < -0.4 is 5.73 Å². The van der Waals surface area contributed by atoms with Gasteiger partial charge in [0.2, 0.25) is 0 Å². The van der Waals surface area contributed by atoms with Crippen LogP contribution in [0.3, 0.4) is 0 Å². The molecule has 1 saturated carbocycles. The summed E-state index contributed by atoms with van der Waals surface area (Å²) in [6, 6.07) is 2.01. The normalized spacial score (nSPS) is 14.5. The topological polar surface area (TPSA) is 75.0 Å². The number of rotatable bonds is 4. The number of aromatic nitrogens is 2. The summed E-state index contributed by atoms with van der Waals surface area (Å²) in [6.07, 6.45) is 2.25. The molecule has 1 aliphatic rings. The van der Waals surface area contributed by atoms with Crippen LogP contribution in [-0.4, -0.2) is 28.1 Å². The lowest BCUT2D eigenvalue weighted by molar-refractivity contribution is 0.0781. The molecule has 1 amide bonds. The van der Waals surface area contributed by atoms with Crippen molar-refractivity contribution < 1.29 is 4.79 Å². The van der Waals surface area contributed by atoms with Gasteiger partial charge in [0.15, 0.2) is 5.69 Å². The van der Waals surface area contributed by atoms with Gasteiger partial charge in [0, 0.05) is 27.7 Å². The largest absolute Gasteiger partial charge is 0.395 e. The molecule has 2 aromatic heterocycles. The van der Waals surface area contributed by atoms with Crippen molar-refractivity contribution >= 4 is 38.9 Å². The molecular formula is C13H15BrN4OS. The zero-order valence-electron chi connectivity index (χ0n) is 11.0. The Bertz CT molecular complexity index is 647. The average Bonchev–Trinajstić information content (AvgIpc) is 3.07. The number of carbonyl (C=O) groups is 1. The number of carbonyl (C=O) groups excluding carboxylic acids is 1. The van der Waals surface area contributed by atoms with E-state index in [-0.39, 0.29) is 5.91 Å². The van der Waals surface area contributed by atoms with Crippen molar-refractivity contribution in [2.24, 2.45) is 0 Å². The maximum Gasteiger partial charge on any atom is 0.276 e. The third kappa shape index (κ3) is 2.60. The Hall–Kier alpha value is -1.34. The van der Waals surface area contributed by atoms with Gasteiger partial charge in [-0.05, 0) is 34.8 Å². The SMILES string of the molecule is CN(Cc1cc(Br)cs1)C(=O)c1n[nH]c(C2CC2)c1N. The molecule has 0 aromatic carbocycles. The Morgan fingerprint density at radius 2 is 2.40 bits per heavy atom. The quantitative estimate of drug-likeness (QED) is 0.885. The number of amides is 1. The third-order valence-electron chi connectivity index (χ3n) is 3.38. The summed E-state index contributed by atoms with van der Waals surface area (Å²) in [7, 11) is 1.76. The number of thiophene rings is 1. The summed E-state index contributed by atoms with van der Waals surface area (Å²) in [5.41, 5.74) is 7.80. The van der Waals surface area contributed by atoms with Crippen LogP contribution in [0.25, 0.3) is 0 Å². The van der Waals surface area contributed by atoms with E-state index in [1.54, 1.807) is 23.3 Å². The van der Waals surface area contributed by atoms with Crippen LogP contribution in [0.1, 0.15) is 39.8 Å². The van der Waals surface area contributed by atoms with Crippen molar-refractivity contribution in [3.8, 4) is 0 Å². The molecular weight excluding hydrogens is 340 g/mol. The van der Waals surface area contributed by atoms with E-state index in [1.165, 1.54) is 0 Å². The molecule has 7 heteroatoms. The molecule has 3 rings (SSSR count). The van der Waals surface area contributed by atoms with E-state index in [0.29, 0.717) is 23.8 Å². The minimum atomic E-state index is -0.143. The van der Waals surface area contributed by atoms with E-state index >= 15 is 0 Å². The van der Waals surface area contributed by atoms with Gasteiger partial charge in [0.25, 0.3) is 5.91 Å². The summed E-state index contributed by atoms with van der Waals surface area (Å²) >= 11 is 5.03. The molecule has 0 radical (unpaired) electrons. The number of aromatic amines is 1. The van der Waals surface area contributed by atoms with Crippen LogP contribution in [0.15, 0.2) is 15.9 Å². The van der Waals surface area contributed by atoms with Crippen molar-refractivity contribution in [1.29, 1.82) is 0 Å². The van der Waals surface area contributed by atoms with Gasteiger partial charge >= 0.3 is 0 Å². The van der Waals surface area contributed by atoms with E-state index in [0.717, 1.165) is 27.9 Å². The number of halogens is 1. The van der Waals surface area contributed by atoms with Gasteiger partial charge in [-0.15, -0.1) is 11.3 Å². The van der Waals surface area contributed by atoms with Gasteiger partial charge in [-0.25, -0.2) is 0 Å². The fraction of sp³-hybridized carbons (Fsp3) is 0.385. The van der Waals surface area contributed by atoms with Gasteiger partial charge in [0.05, 0.1) is 17.9 Å². The first kappa shape index (κ1) is 13.6. The van der Waals surface area contributed by atoms with Gasteiger partial charge in [-0.1, -0.05) is 0 Å². The minimum absolute atomic E-state index is 0.143. The molecule has 0 spiro atoms. The van der Waals surface area contributed by atoms with Crippen LogP contribution >= 0.6 is 27.3 Å². The van der Waals surface area contributed by atoms with E-state index in [1.807, 2.05) is 11.4 Å². The Morgan fingerprint density at radius 3 is 3.00 bits per heavy atom. The summed E-state index contributed by atoms with van der Waals surface area (Å²) < 4.78 is 1.04. The second kappa shape index (κ2) is 5.21. The van der Waals surface area contributed by atoms with Crippen molar-refractivity contribution in [3.63, 3.8) is 0 Å². The molecule has 0 bridgehead atoms. The van der Waals surface area contributed by atoms with E-state index < -0.39 is 0 Å². The number of nitrogen functional groups attached to an aromatic ring is 1. The van der Waals surface area contributed by atoms with Gasteiger partial charge in [0.1, 0.15) is 0 Å². The van der Waals surface area contributed by atoms with Crippen molar-refractivity contribution in [1.82, 2.24) is 15.1 Å². The molecule has 5 nitrogen and oxygen atoms in total. The minimum Gasteiger partial charge on any atom is -0.395 e. The Morgan fingerprint density at radius 1 is 1.65 bits per heavy atom. The van der Waals surface area contributed by atoms with Crippen molar-refractivity contribution in [3.05, 3.63) is 32.2 Å². The lowest BCUT2D eigenvalue weighted by Crippen LogP contribution is -2.26. The summed E-state index contributed by atoms with van der Waals surface area (Å²) in [5.74, 6) is 0.317. The zero-order valence-corrected chi connectivity index (χ0v) is 13.4. The average molecular weight is 355 g/mol. The highest BCUT2D eigenvalue weighted by Crippen LogP contribution is 2.42. The monoisotopic (exact) mass is 354 g/mol. The van der Waals surface area contributed by atoms with E-state index in [2.05, 4.69) is 26.1 Å². The number of nitrogens with one attached hydrogen (secondary N) is 1. The smallest absolute Gasteiger partial charge is 0.276 e. The Kier molecular flexibility index (Phi) is 3.55. The maximum absolute atomic E-state index is 12.4. The van der Waals surface area contributed by atoms with Crippen LogP contribution in [0.5, 0.6) is 0 Å². The molecule has 0 aliphatic heterocycles. The number of anilines is 1. The van der Waals surface area contributed by atoms with Gasteiger partial charge in [-0.3, -0.25) is 9.89 Å². The number of nitrogens with zero attached hydrogens (tertiary/aromatic N) is 2. The van der Waals surface area contributed by atoms with Crippen LogP contribution in [0, 0.1) is 0 Å². The lowest BCUT2D eigenvalue weighted by atomic mass is 10.2. The fourth-order valence-corrected chi connectivity index (χ4v) is 3.64. The molecule has 2 aromatic rings. The van der Waals surface area contributed by atoms with Gasteiger partial charge < -0.3 is 10.6 Å². The summed E-state index contributed by atoms with van der Waals surface area (Å²) in [5, 5.41) is 9.01. The van der Waals surface area contributed by atoms with Gasteiger partial charge in [-0.2, -0.15) is 5.10 Å². The molecule has 1 fully saturated rings. The first-order valence-electron chi connectivity index (χ1n) is 6.38. The molecule has 1 aliphatic carbocycles. The zero-order chi connectivity index (χ0) is 14.3.